The van der Waals surface area contributed by atoms with Gasteiger partial charge in [-0.3, -0.25) is 9.59 Å². The van der Waals surface area contributed by atoms with Crippen LogP contribution < -0.4 is 5.32 Å². The van der Waals surface area contributed by atoms with Gasteiger partial charge >= 0.3 is 5.97 Å². The quantitative estimate of drug-likeness (QED) is 0.842. The number of carboxylic acid groups (broad SMARTS) is 1. The van der Waals surface area contributed by atoms with E-state index < -0.39 is 12.1 Å². The molecular weight excluding hydrogens is 260 g/mol. The number of carbonyl (C=O) groups is 2. The predicted octanol–water partition coefficient (Wildman–Crippen LogP) is 1.08. The lowest BCUT2D eigenvalue weighted by Gasteiger charge is -2.08. The number of aliphatic carboxylic acids is 1. The maximum Gasteiger partial charge on any atom is 0.305 e. The van der Waals surface area contributed by atoms with E-state index in [1.807, 2.05) is 31.2 Å². The Bertz CT molecular complexity index is 554. The van der Waals surface area contributed by atoms with Crippen LogP contribution in [0.2, 0.25) is 0 Å². The monoisotopic (exact) mass is 276 g/mol. The van der Waals surface area contributed by atoms with E-state index in [9.17, 15) is 9.59 Å². The fourth-order valence-corrected chi connectivity index (χ4v) is 1.98. The van der Waals surface area contributed by atoms with Crippen molar-refractivity contribution < 1.29 is 19.5 Å². The van der Waals surface area contributed by atoms with Crippen LogP contribution in [-0.2, 0) is 14.4 Å². The summed E-state index contributed by atoms with van der Waals surface area (Å²) >= 11 is 0. The van der Waals surface area contributed by atoms with Crippen molar-refractivity contribution in [2.75, 3.05) is 6.54 Å². The van der Waals surface area contributed by atoms with Crippen molar-refractivity contribution in [1.29, 1.82) is 0 Å². The third-order valence-corrected chi connectivity index (χ3v) is 3.06. The standard InChI is InChI=1S/C14H16N2O4/c1-9-4-2-3-5-10(9)11-8-12(20-16-11)14(19)15-7-6-13(17)18/h2-5,12H,6-8H2,1H3,(H,15,19)(H,17,18)/t12-/m0/s1. The van der Waals surface area contributed by atoms with Crippen LogP contribution in [0.1, 0.15) is 24.0 Å². The van der Waals surface area contributed by atoms with E-state index >= 15 is 0 Å². The van der Waals surface area contributed by atoms with Crippen LogP contribution >= 0.6 is 0 Å². The highest BCUT2D eigenvalue weighted by Gasteiger charge is 2.29. The summed E-state index contributed by atoms with van der Waals surface area (Å²) in [5.74, 6) is -1.28. The van der Waals surface area contributed by atoms with Gasteiger partial charge in [-0.05, 0) is 12.5 Å². The second-order valence-corrected chi connectivity index (χ2v) is 4.59. The summed E-state index contributed by atoms with van der Waals surface area (Å²) in [6.07, 6.45) is -0.397. The molecular formula is C14H16N2O4. The smallest absolute Gasteiger partial charge is 0.305 e. The van der Waals surface area contributed by atoms with Gasteiger partial charge in [0, 0.05) is 18.5 Å². The Labute approximate surface area is 116 Å². The van der Waals surface area contributed by atoms with Crippen LogP contribution in [0.4, 0.5) is 0 Å². The highest BCUT2D eigenvalue weighted by molar-refractivity contribution is 6.05. The maximum atomic E-state index is 11.8. The van der Waals surface area contributed by atoms with E-state index in [4.69, 9.17) is 9.94 Å². The minimum atomic E-state index is -0.950. The molecule has 0 bridgehead atoms. The summed E-state index contributed by atoms with van der Waals surface area (Å²) in [7, 11) is 0. The number of benzene rings is 1. The Morgan fingerprint density at radius 2 is 2.20 bits per heavy atom. The number of hydrogen-bond acceptors (Lipinski definition) is 4. The van der Waals surface area contributed by atoms with Gasteiger partial charge in [0.2, 0.25) is 6.10 Å². The van der Waals surface area contributed by atoms with Gasteiger partial charge in [0.1, 0.15) is 0 Å². The molecule has 2 N–H and O–H groups in total. The predicted molar refractivity (Wildman–Crippen MR) is 72.5 cm³/mol. The van der Waals surface area contributed by atoms with Gasteiger partial charge in [-0.2, -0.15) is 0 Å². The largest absolute Gasteiger partial charge is 0.481 e. The highest BCUT2D eigenvalue weighted by atomic mass is 16.6. The minimum absolute atomic E-state index is 0.0910. The first-order valence-electron chi connectivity index (χ1n) is 6.36. The van der Waals surface area contributed by atoms with Crippen molar-refractivity contribution in [3.63, 3.8) is 0 Å². The maximum absolute atomic E-state index is 11.8. The Morgan fingerprint density at radius 3 is 2.90 bits per heavy atom. The number of nitrogens with one attached hydrogen (secondary N) is 1. The number of carbonyl (C=O) groups excluding carboxylic acids is 1. The SMILES string of the molecule is Cc1ccccc1C1=NO[C@H](C(=O)NCCC(=O)O)C1. The summed E-state index contributed by atoms with van der Waals surface area (Å²) < 4.78 is 0. The van der Waals surface area contributed by atoms with Crippen molar-refractivity contribution >= 4 is 17.6 Å². The third-order valence-electron chi connectivity index (χ3n) is 3.06. The zero-order chi connectivity index (χ0) is 14.5. The molecule has 0 aliphatic carbocycles. The number of hydrogen-bond donors (Lipinski definition) is 2. The first kappa shape index (κ1) is 14.0. The third kappa shape index (κ3) is 3.34. The van der Waals surface area contributed by atoms with Crippen LogP contribution in [0.25, 0.3) is 0 Å². The molecule has 0 spiro atoms. The average molecular weight is 276 g/mol. The Hall–Kier alpha value is -2.37. The summed E-state index contributed by atoms with van der Waals surface area (Å²) in [6.45, 7) is 2.06. The molecule has 0 unspecified atom stereocenters. The second-order valence-electron chi connectivity index (χ2n) is 4.59. The van der Waals surface area contributed by atoms with Crippen LogP contribution in [0, 0.1) is 6.92 Å². The normalized spacial score (nSPS) is 17.2. The van der Waals surface area contributed by atoms with Crippen LogP contribution in [0.15, 0.2) is 29.4 Å². The van der Waals surface area contributed by atoms with E-state index in [2.05, 4.69) is 10.5 Å². The Kier molecular flexibility index (Phi) is 4.34. The lowest BCUT2D eigenvalue weighted by atomic mass is 10.0. The van der Waals surface area contributed by atoms with Gasteiger partial charge < -0.3 is 15.3 Å². The second kappa shape index (κ2) is 6.18. The van der Waals surface area contributed by atoms with Crippen molar-refractivity contribution in [3.05, 3.63) is 35.4 Å². The van der Waals surface area contributed by atoms with Gasteiger partial charge in [-0.1, -0.05) is 29.4 Å². The van der Waals surface area contributed by atoms with Crippen LogP contribution in [0.5, 0.6) is 0 Å². The molecule has 1 heterocycles. The van der Waals surface area contributed by atoms with E-state index in [0.29, 0.717) is 6.42 Å². The van der Waals surface area contributed by atoms with E-state index in [1.165, 1.54) is 0 Å². The van der Waals surface area contributed by atoms with Crippen LogP contribution in [0.3, 0.4) is 0 Å². The van der Waals surface area contributed by atoms with Gasteiger partial charge in [0.15, 0.2) is 0 Å². The first-order valence-corrected chi connectivity index (χ1v) is 6.36. The van der Waals surface area contributed by atoms with Crippen LogP contribution in [-0.4, -0.2) is 35.3 Å². The summed E-state index contributed by atoms with van der Waals surface area (Å²) in [6, 6.07) is 7.75. The molecule has 0 fully saturated rings. The van der Waals surface area contributed by atoms with Gasteiger partial charge in [-0.15, -0.1) is 0 Å². The number of carboxylic acids is 1. The summed E-state index contributed by atoms with van der Waals surface area (Å²) in [5, 5.41) is 15.0. The molecule has 106 valence electrons. The van der Waals surface area contributed by atoms with E-state index in [1.54, 1.807) is 0 Å². The summed E-state index contributed by atoms with van der Waals surface area (Å²) in [4.78, 5) is 27.3. The van der Waals surface area contributed by atoms with E-state index in [0.717, 1.165) is 16.8 Å². The molecule has 6 nitrogen and oxygen atoms in total. The van der Waals surface area contributed by atoms with Crippen molar-refractivity contribution in [3.8, 4) is 0 Å². The highest BCUT2D eigenvalue weighted by Crippen LogP contribution is 2.19. The molecule has 1 aromatic carbocycles. The van der Waals surface area contributed by atoms with Crippen molar-refractivity contribution in [2.24, 2.45) is 5.16 Å². The minimum Gasteiger partial charge on any atom is -0.481 e. The first-order chi connectivity index (χ1) is 9.58. The fourth-order valence-electron chi connectivity index (χ4n) is 1.98. The van der Waals surface area contributed by atoms with Crippen molar-refractivity contribution in [2.45, 2.75) is 25.9 Å². The molecule has 6 heteroatoms. The molecule has 2 rings (SSSR count). The van der Waals surface area contributed by atoms with E-state index in [-0.39, 0.29) is 18.9 Å². The number of aryl methyl sites for hydroxylation is 1. The molecule has 1 aliphatic rings. The molecule has 1 aromatic rings. The van der Waals surface area contributed by atoms with Gasteiger partial charge in [0.25, 0.3) is 5.91 Å². The molecule has 0 saturated carbocycles. The zero-order valence-corrected chi connectivity index (χ0v) is 11.1. The molecule has 1 atom stereocenters. The Morgan fingerprint density at radius 1 is 1.45 bits per heavy atom. The van der Waals surface area contributed by atoms with Crippen molar-refractivity contribution in [1.82, 2.24) is 5.32 Å². The molecule has 0 aromatic heterocycles. The molecule has 1 amide bonds. The summed E-state index contributed by atoms with van der Waals surface area (Å²) in [5.41, 5.74) is 2.77. The topological polar surface area (TPSA) is 88.0 Å². The Balaban J connectivity index is 1.90. The van der Waals surface area contributed by atoms with Gasteiger partial charge in [-0.25, -0.2) is 0 Å². The lowest BCUT2D eigenvalue weighted by molar-refractivity contribution is -0.137. The zero-order valence-electron chi connectivity index (χ0n) is 11.1. The molecule has 0 saturated heterocycles. The van der Waals surface area contributed by atoms with Gasteiger partial charge in [0.05, 0.1) is 12.1 Å². The number of rotatable bonds is 5. The number of nitrogens with zero attached hydrogens (tertiary/aromatic N) is 1. The lowest BCUT2D eigenvalue weighted by Crippen LogP contribution is -2.36. The number of amides is 1. The molecule has 20 heavy (non-hydrogen) atoms. The fraction of sp³-hybridized carbons (Fsp3) is 0.357. The molecule has 1 aliphatic heterocycles. The average Bonchev–Trinajstić information content (AvgIpc) is 2.88. The molecule has 0 radical (unpaired) electrons. The number of oxime groups is 1.